The van der Waals surface area contributed by atoms with Crippen molar-refractivity contribution < 1.29 is 9.84 Å². The third kappa shape index (κ3) is 1.58. The maximum Gasteiger partial charge on any atom is 0.141 e. The summed E-state index contributed by atoms with van der Waals surface area (Å²) in [4.78, 5) is 0. The van der Waals surface area contributed by atoms with Crippen LogP contribution in [0.15, 0.2) is 0 Å². The van der Waals surface area contributed by atoms with Gasteiger partial charge in [-0.1, -0.05) is 11.8 Å². The Bertz CT molecular complexity index is 105. The molecule has 0 bridgehead atoms. The zero-order valence-electron chi connectivity index (χ0n) is 3.85. The highest BCUT2D eigenvalue weighted by Gasteiger charge is 2.18. The first-order chi connectivity index (χ1) is 3.43. The molecule has 1 aliphatic rings. The quantitative estimate of drug-likeness (QED) is 0.323. The van der Waals surface area contributed by atoms with E-state index in [1.807, 2.05) is 0 Å². The van der Waals surface area contributed by atoms with Gasteiger partial charge in [-0.15, -0.1) is 0 Å². The highest BCUT2D eigenvalue weighted by Crippen LogP contribution is 2.04. The summed E-state index contributed by atoms with van der Waals surface area (Å²) < 4.78 is 4.73. The lowest BCUT2D eigenvalue weighted by atomic mass is 10.5. The molecule has 1 saturated heterocycles. The molecule has 0 saturated carbocycles. The molecule has 1 aliphatic heterocycles. The fourth-order valence-corrected chi connectivity index (χ4v) is 0.291. The number of hydrogen-bond donors (Lipinski definition) is 1. The van der Waals surface area contributed by atoms with E-state index in [1.165, 1.54) is 0 Å². The summed E-state index contributed by atoms with van der Waals surface area (Å²) in [5.41, 5.74) is 0. The molecule has 0 radical (unpaired) electrons. The number of ether oxygens (including phenoxy) is 1. The normalized spacial score (nSPS) is 25.6. The van der Waals surface area contributed by atoms with Crippen LogP contribution in [0.4, 0.5) is 0 Å². The average Bonchev–Trinajstić information content (AvgIpc) is 2.42. The molecule has 38 valence electrons. The van der Waals surface area contributed by atoms with Crippen LogP contribution in [0.5, 0.6) is 0 Å². The predicted octanol–water partition coefficient (Wildman–Crippen LogP) is -0.619. The maximum atomic E-state index is 8.11. The molecule has 0 aromatic heterocycles. The van der Waals surface area contributed by atoms with Crippen LogP contribution in [0.25, 0.3) is 0 Å². The third-order valence-electron chi connectivity index (χ3n) is 0.675. The van der Waals surface area contributed by atoms with Crippen molar-refractivity contribution in [1.82, 2.24) is 0 Å². The monoisotopic (exact) mass is 98.0 g/mol. The lowest BCUT2D eigenvalue weighted by molar-refractivity contribution is 0.350. The largest absolute Gasteiger partial charge is 0.384 e. The molecule has 2 heteroatoms. The van der Waals surface area contributed by atoms with Gasteiger partial charge in [-0.25, -0.2) is 0 Å². The smallest absolute Gasteiger partial charge is 0.141 e. The first kappa shape index (κ1) is 4.63. The van der Waals surface area contributed by atoms with Gasteiger partial charge >= 0.3 is 0 Å². The summed E-state index contributed by atoms with van der Waals surface area (Å²) in [6, 6.07) is 0. The first-order valence-corrected chi connectivity index (χ1v) is 2.14. The highest BCUT2D eigenvalue weighted by atomic mass is 16.6. The molecule has 1 N–H and O–H groups in total. The Morgan fingerprint density at radius 2 is 2.57 bits per heavy atom. The molecule has 1 rings (SSSR count). The SMILES string of the molecule is OCC#CC1CO1. The summed E-state index contributed by atoms with van der Waals surface area (Å²) >= 11 is 0. The van der Waals surface area contributed by atoms with Crippen molar-refractivity contribution in [2.45, 2.75) is 6.10 Å². The van der Waals surface area contributed by atoms with Crippen molar-refractivity contribution in [3.63, 3.8) is 0 Å². The second kappa shape index (κ2) is 1.97. The van der Waals surface area contributed by atoms with Crippen molar-refractivity contribution in [3.05, 3.63) is 0 Å². The summed E-state index contributed by atoms with van der Waals surface area (Å²) in [5.74, 6) is 5.17. The van der Waals surface area contributed by atoms with E-state index in [9.17, 15) is 0 Å². The molecule has 2 nitrogen and oxygen atoms in total. The van der Waals surface area contributed by atoms with E-state index in [2.05, 4.69) is 11.8 Å². The third-order valence-corrected chi connectivity index (χ3v) is 0.675. The topological polar surface area (TPSA) is 32.8 Å². The summed E-state index contributed by atoms with van der Waals surface area (Å²) in [6.45, 7) is 0.687. The second-order valence-corrected chi connectivity index (χ2v) is 1.30. The van der Waals surface area contributed by atoms with E-state index < -0.39 is 0 Å². The van der Waals surface area contributed by atoms with Gasteiger partial charge < -0.3 is 9.84 Å². The molecule has 1 fully saturated rings. The van der Waals surface area contributed by atoms with Gasteiger partial charge in [0, 0.05) is 0 Å². The number of hydrogen-bond acceptors (Lipinski definition) is 2. The molecule has 1 unspecified atom stereocenters. The summed E-state index contributed by atoms with van der Waals surface area (Å²) in [5, 5.41) is 8.11. The summed E-state index contributed by atoms with van der Waals surface area (Å²) in [7, 11) is 0. The Morgan fingerprint density at radius 1 is 1.86 bits per heavy atom. The molecule has 0 aromatic carbocycles. The molecular formula is C5H6O2. The lowest BCUT2D eigenvalue weighted by Crippen LogP contribution is -1.77. The molecule has 0 spiro atoms. The van der Waals surface area contributed by atoms with Gasteiger partial charge in [-0.3, -0.25) is 0 Å². The van der Waals surface area contributed by atoms with E-state index in [0.717, 1.165) is 6.61 Å². The molecular weight excluding hydrogens is 92.1 g/mol. The minimum absolute atomic E-state index is 0.0557. The van der Waals surface area contributed by atoms with Crippen LogP contribution < -0.4 is 0 Å². The van der Waals surface area contributed by atoms with Crippen molar-refractivity contribution >= 4 is 0 Å². The molecule has 7 heavy (non-hydrogen) atoms. The average molecular weight is 98.1 g/mol. The van der Waals surface area contributed by atoms with E-state index in [4.69, 9.17) is 9.84 Å². The Kier molecular flexibility index (Phi) is 1.30. The number of rotatable bonds is 0. The molecule has 0 aliphatic carbocycles. The van der Waals surface area contributed by atoms with Crippen LogP contribution in [0.2, 0.25) is 0 Å². The zero-order chi connectivity index (χ0) is 5.11. The molecule has 1 atom stereocenters. The minimum Gasteiger partial charge on any atom is -0.384 e. The van der Waals surface area contributed by atoms with Crippen molar-refractivity contribution in [2.24, 2.45) is 0 Å². The van der Waals surface area contributed by atoms with Crippen LogP contribution in [0.3, 0.4) is 0 Å². The molecule has 0 amide bonds. The Balaban J connectivity index is 2.16. The fraction of sp³-hybridized carbons (Fsp3) is 0.600. The Morgan fingerprint density at radius 3 is 3.00 bits per heavy atom. The highest BCUT2D eigenvalue weighted by molar-refractivity contribution is 5.09. The van der Waals surface area contributed by atoms with Gasteiger partial charge in [0.05, 0.1) is 6.61 Å². The Hall–Kier alpha value is -0.520. The van der Waals surface area contributed by atoms with Crippen molar-refractivity contribution in [1.29, 1.82) is 0 Å². The van der Waals surface area contributed by atoms with Gasteiger partial charge in [0.25, 0.3) is 0 Å². The van der Waals surface area contributed by atoms with Gasteiger partial charge in [0.2, 0.25) is 0 Å². The van der Waals surface area contributed by atoms with E-state index in [0.29, 0.717) is 0 Å². The van der Waals surface area contributed by atoms with Gasteiger partial charge in [-0.05, 0) is 0 Å². The van der Waals surface area contributed by atoms with Crippen molar-refractivity contribution in [3.8, 4) is 11.8 Å². The van der Waals surface area contributed by atoms with Crippen LogP contribution in [-0.4, -0.2) is 24.4 Å². The van der Waals surface area contributed by atoms with Crippen LogP contribution in [-0.2, 0) is 4.74 Å². The first-order valence-electron chi connectivity index (χ1n) is 2.14. The van der Waals surface area contributed by atoms with E-state index in [-0.39, 0.29) is 12.7 Å². The molecule has 1 heterocycles. The van der Waals surface area contributed by atoms with Crippen LogP contribution in [0.1, 0.15) is 0 Å². The zero-order valence-corrected chi connectivity index (χ0v) is 3.85. The number of aliphatic hydroxyl groups is 1. The molecule has 0 aromatic rings. The van der Waals surface area contributed by atoms with E-state index >= 15 is 0 Å². The van der Waals surface area contributed by atoms with Gasteiger partial charge in [0.1, 0.15) is 12.7 Å². The Labute approximate surface area is 42.1 Å². The minimum atomic E-state index is -0.0557. The van der Waals surface area contributed by atoms with Crippen molar-refractivity contribution in [2.75, 3.05) is 13.2 Å². The fourth-order valence-electron chi connectivity index (χ4n) is 0.291. The predicted molar refractivity (Wildman–Crippen MR) is 24.6 cm³/mol. The summed E-state index contributed by atoms with van der Waals surface area (Å²) in [6.07, 6.45) is 0.132. The van der Waals surface area contributed by atoms with Gasteiger partial charge in [-0.2, -0.15) is 0 Å². The maximum absolute atomic E-state index is 8.11. The standard InChI is InChI=1S/C5H6O2/c6-3-1-2-5-4-7-5/h5-6H,3-4H2. The second-order valence-electron chi connectivity index (χ2n) is 1.30. The lowest BCUT2D eigenvalue weighted by Gasteiger charge is -1.66. The van der Waals surface area contributed by atoms with E-state index in [1.54, 1.807) is 0 Å². The number of aliphatic hydroxyl groups excluding tert-OH is 1. The number of epoxide rings is 1. The van der Waals surface area contributed by atoms with Crippen LogP contribution >= 0.6 is 0 Å². The van der Waals surface area contributed by atoms with Gasteiger partial charge in [0.15, 0.2) is 0 Å². The van der Waals surface area contributed by atoms with Crippen LogP contribution in [0, 0.1) is 11.8 Å².